The molecule has 0 bridgehead atoms. The number of fused-ring (bicyclic) bond motifs is 2. The van der Waals surface area contributed by atoms with E-state index in [4.69, 9.17) is 23.2 Å². The van der Waals surface area contributed by atoms with Crippen LogP contribution in [-0.2, 0) is 0 Å². The number of amides is 3. The van der Waals surface area contributed by atoms with Crippen molar-refractivity contribution in [2.24, 2.45) is 0 Å². The summed E-state index contributed by atoms with van der Waals surface area (Å²) < 4.78 is 1.84. The van der Waals surface area contributed by atoms with Gasteiger partial charge in [0.15, 0.2) is 0 Å². The van der Waals surface area contributed by atoms with Crippen molar-refractivity contribution in [1.82, 2.24) is 10.9 Å². The lowest BCUT2D eigenvalue weighted by molar-refractivity contribution is 0.0849. The van der Waals surface area contributed by atoms with E-state index >= 15 is 0 Å². The molecule has 186 valence electrons. The predicted octanol–water partition coefficient (Wildman–Crippen LogP) is 7.37. The number of carbonyl (C=O) groups excluding carboxylic acids is 3. The van der Waals surface area contributed by atoms with Gasteiger partial charge in [-0.2, -0.15) is 0 Å². The molecule has 0 radical (unpaired) electrons. The van der Waals surface area contributed by atoms with Crippen LogP contribution in [0.5, 0.6) is 0 Å². The highest BCUT2D eigenvalue weighted by atomic mass is 35.5. The molecule has 37 heavy (non-hydrogen) atoms. The van der Waals surface area contributed by atoms with Crippen molar-refractivity contribution in [2.75, 3.05) is 5.32 Å². The van der Waals surface area contributed by atoms with Crippen molar-refractivity contribution < 1.29 is 14.4 Å². The van der Waals surface area contributed by atoms with Crippen LogP contribution in [0.3, 0.4) is 0 Å². The van der Waals surface area contributed by atoms with Gasteiger partial charge in [-0.15, -0.1) is 22.7 Å². The lowest BCUT2D eigenvalue weighted by atomic mass is 10.2. The van der Waals surface area contributed by atoms with Gasteiger partial charge < -0.3 is 5.32 Å². The Morgan fingerprint density at radius 3 is 1.68 bits per heavy atom. The van der Waals surface area contributed by atoms with E-state index in [0.717, 1.165) is 31.3 Å². The van der Waals surface area contributed by atoms with Crippen molar-refractivity contribution in [3.63, 3.8) is 0 Å². The van der Waals surface area contributed by atoms with Crippen molar-refractivity contribution in [3.05, 3.63) is 97.2 Å². The first-order valence-corrected chi connectivity index (χ1v) is 13.5. The SMILES string of the molecule is Cc1ccc2c(Cl)c(C(=O)NNC(=O)c3ccc(NC(=O)c4sc5cc(C)ccc5c4Cl)cc3)sc2c1. The Labute approximate surface area is 230 Å². The minimum atomic E-state index is -0.512. The van der Waals surface area contributed by atoms with Gasteiger partial charge in [-0.3, -0.25) is 25.2 Å². The van der Waals surface area contributed by atoms with Crippen LogP contribution in [-0.4, -0.2) is 17.7 Å². The number of hydrazine groups is 1. The summed E-state index contributed by atoms with van der Waals surface area (Å²) in [5.74, 6) is -1.34. The molecule has 0 aliphatic rings. The van der Waals surface area contributed by atoms with E-state index in [-0.39, 0.29) is 5.91 Å². The molecule has 0 aliphatic heterocycles. The molecule has 0 unspecified atom stereocenters. The van der Waals surface area contributed by atoms with E-state index < -0.39 is 11.8 Å². The van der Waals surface area contributed by atoms with E-state index in [1.54, 1.807) is 24.3 Å². The van der Waals surface area contributed by atoms with Crippen LogP contribution < -0.4 is 16.2 Å². The van der Waals surface area contributed by atoms with Gasteiger partial charge in [0.2, 0.25) is 0 Å². The summed E-state index contributed by atoms with van der Waals surface area (Å²) in [6, 6.07) is 17.9. The standard InChI is InChI=1S/C27H19Cl2N3O3S2/c1-13-3-9-17-19(11-13)36-23(21(17)28)26(34)30-16-7-5-15(6-8-16)25(33)31-32-27(35)24-22(29)18-10-4-14(2)12-20(18)37-24/h3-12H,1-2H3,(H,30,34)(H,31,33)(H,32,35). The molecular weight excluding hydrogens is 549 g/mol. The quantitative estimate of drug-likeness (QED) is 0.198. The fourth-order valence-electron chi connectivity index (χ4n) is 3.77. The number of nitrogens with one attached hydrogen (secondary N) is 3. The number of anilines is 1. The third-order valence-corrected chi connectivity index (χ3v) is 8.99. The number of thiophene rings is 2. The summed E-state index contributed by atoms with van der Waals surface area (Å²) in [5, 5.41) is 5.20. The van der Waals surface area contributed by atoms with Gasteiger partial charge in [-0.25, -0.2) is 0 Å². The van der Waals surface area contributed by atoms with E-state index in [0.29, 0.717) is 31.1 Å². The molecule has 0 fully saturated rings. The minimum absolute atomic E-state index is 0.298. The Kier molecular flexibility index (Phi) is 6.92. The fraction of sp³-hybridized carbons (Fsp3) is 0.0741. The Bertz CT molecular complexity index is 1710. The summed E-state index contributed by atoms with van der Waals surface area (Å²) in [7, 11) is 0. The first-order chi connectivity index (χ1) is 17.7. The number of rotatable bonds is 4. The minimum Gasteiger partial charge on any atom is -0.321 e. The van der Waals surface area contributed by atoms with Crippen LogP contribution in [0.25, 0.3) is 20.2 Å². The average Bonchev–Trinajstić information content (AvgIpc) is 3.38. The summed E-state index contributed by atoms with van der Waals surface area (Å²) in [4.78, 5) is 38.7. The topological polar surface area (TPSA) is 87.3 Å². The molecule has 3 amide bonds. The van der Waals surface area contributed by atoms with Gasteiger partial charge >= 0.3 is 0 Å². The smallest absolute Gasteiger partial charge is 0.281 e. The van der Waals surface area contributed by atoms with Crippen LogP contribution in [0.15, 0.2) is 60.7 Å². The summed E-state index contributed by atoms with van der Waals surface area (Å²) in [6.07, 6.45) is 0. The molecule has 3 N–H and O–H groups in total. The summed E-state index contributed by atoms with van der Waals surface area (Å²) >= 11 is 15.4. The van der Waals surface area contributed by atoms with E-state index in [1.807, 2.05) is 50.2 Å². The zero-order valence-corrected chi connectivity index (χ0v) is 22.7. The maximum absolute atomic E-state index is 12.8. The Morgan fingerprint density at radius 2 is 1.14 bits per heavy atom. The molecule has 0 saturated heterocycles. The monoisotopic (exact) mass is 567 g/mol. The number of carbonyl (C=O) groups is 3. The maximum Gasteiger partial charge on any atom is 0.281 e. The normalized spacial score (nSPS) is 11.0. The highest BCUT2D eigenvalue weighted by Gasteiger charge is 2.19. The van der Waals surface area contributed by atoms with Crippen molar-refractivity contribution in [3.8, 4) is 0 Å². The molecule has 5 rings (SSSR count). The van der Waals surface area contributed by atoms with E-state index in [9.17, 15) is 14.4 Å². The van der Waals surface area contributed by atoms with E-state index in [2.05, 4.69) is 16.2 Å². The lowest BCUT2D eigenvalue weighted by Gasteiger charge is -2.08. The molecule has 0 saturated carbocycles. The molecule has 3 aromatic carbocycles. The van der Waals surface area contributed by atoms with Crippen molar-refractivity contribution in [2.45, 2.75) is 13.8 Å². The number of aryl methyl sites for hydroxylation is 2. The van der Waals surface area contributed by atoms with Crippen LogP contribution in [0, 0.1) is 13.8 Å². The van der Waals surface area contributed by atoms with Gasteiger partial charge in [0.1, 0.15) is 9.75 Å². The largest absolute Gasteiger partial charge is 0.321 e. The van der Waals surface area contributed by atoms with Gasteiger partial charge in [0.05, 0.1) is 10.0 Å². The lowest BCUT2D eigenvalue weighted by Crippen LogP contribution is -2.41. The molecule has 0 aliphatic carbocycles. The second-order valence-electron chi connectivity index (χ2n) is 8.43. The number of hydrogen-bond acceptors (Lipinski definition) is 5. The number of hydrogen-bond donors (Lipinski definition) is 3. The molecule has 5 aromatic rings. The summed E-state index contributed by atoms with van der Waals surface area (Å²) in [6.45, 7) is 3.94. The first-order valence-electron chi connectivity index (χ1n) is 11.1. The second-order valence-corrected chi connectivity index (χ2v) is 11.3. The molecule has 0 atom stereocenters. The van der Waals surface area contributed by atoms with Crippen molar-refractivity contribution in [1.29, 1.82) is 0 Å². The molecule has 6 nitrogen and oxygen atoms in total. The van der Waals surface area contributed by atoms with Crippen LogP contribution in [0.2, 0.25) is 10.0 Å². The Morgan fingerprint density at radius 1 is 0.649 bits per heavy atom. The summed E-state index contributed by atoms with van der Waals surface area (Å²) in [5.41, 5.74) is 7.76. The molecular formula is C27H19Cl2N3O3S2. The zero-order chi connectivity index (χ0) is 26.3. The van der Waals surface area contributed by atoms with Gasteiger partial charge in [0.25, 0.3) is 17.7 Å². The second kappa shape index (κ2) is 10.1. The highest BCUT2D eigenvalue weighted by molar-refractivity contribution is 7.22. The van der Waals surface area contributed by atoms with Crippen LogP contribution >= 0.6 is 45.9 Å². The van der Waals surface area contributed by atoms with Crippen molar-refractivity contribution >= 4 is 89.5 Å². The third-order valence-electron chi connectivity index (χ3n) is 5.68. The third kappa shape index (κ3) is 5.06. The Balaban J connectivity index is 1.22. The van der Waals surface area contributed by atoms with Crippen LogP contribution in [0.1, 0.15) is 40.8 Å². The molecule has 10 heteroatoms. The van der Waals surface area contributed by atoms with Gasteiger partial charge in [-0.05, 0) is 61.4 Å². The maximum atomic E-state index is 12.8. The highest BCUT2D eigenvalue weighted by Crippen LogP contribution is 2.37. The van der Waals surface area contributed by atoms with E-state index in [1.165, 1.54) is 22.7 Å². The molecule has 2 aromatic heterocycles. The number of halogens is 2. The van der Waals surface area contributed by atoms with Gasteiger partial charge in [-0.1, -0.05) is 47.5 Å². The first kappa shape index (κ1) is 25.2. The molecule has 2 heterocycles. The molecule has 0 spiro atoms. The van der Waals surface area contributed by atoms with Gasteiger partial charge in [0, 0.05) is 31.4 Å². The number of benzene rings is 3. The van der Waals surface area contributed by atoms with Crippen LogP contribution in [0.4, 0.5) is 5.69 Å². The zero-order valence-electron chi connectivity index (χ0n) is 19.6. The Hall–Kier alpha value is -3.43. The fourth-order valence-corrected chi connectivity index (χ4v) is 6.79. The average molecular weight is 569 g/mol. The predicted molar refractivity (Wildman–Crippen MR) is 152 cm³/mol.